The second kappa shape index (κ2) is 6.91. The number of non-ortho nitro benzene ring substituents is 2. The van der Waals surface area contributed by atoms with Crippen molar-refractivity contribution in [1.82, 2.24) is 0 Å². The molecule has 24 heavy (non-hydrogen) atoms. The summed E-state index contributed by atoms with van der Waals surface area (Å²) in [5.74, 6) is -0.553. The first kappa shape index (κ1) is 16.5. The summed E-state index contributed by atoms with van der Waals surface area (Å²) in [4.78, 5) is 30.3. The van der Waals surface area contributed by atoms with Gasteiger partial charge in [0.05, 0.1) is 26.2 Å². The summed E-state index contributed by atoms with van der Waals surface area (Å²) >= 11 is 0. The van der Waals surface area contributed by atoms with E-state index < -0.39 is 20.6 Å². The molecule has 0 spiro atoms. The van der Waals surface area contributed by atoms with Gasteiger partial charge in [0.2, 0.25) is 0 Å². The van der Waals surface area contributed by atoms with Gasteiger partial charge < -0.3 is 10.1 Å². The lowest BCUT2D eigenvalue weighted by Gasteiger charge is -2.00. The Morgan fingerprint density at radius 2 is 1.25 bits per heavy atom. The van der Waals surface area contributed by atoms with Crippen molar-refractivity contribution in [3.8, 4) is 0 Å². The van der Waals surface area contributed by atoms with E-state index in [1.54, 1.807) is 0 Å². The summed E-state index contributed by atoms with van der Waals surface area (Å²) in [7, 11) is 0. The second-order valence-corrected chi connectivity index (χ2v) is 4.41. The van der Waals surface area contributed by atoms with Gasteiger partial charge in [-0.15, -0.1) is 0 Å². The zero-order chi connectivity index (χ0) is 17.7. The summed E-state index contributed by atoms with van der Waals surface area (Å²) < 4.78 is 0. The molecule has 2 aromatic rings. The van der Waals surface area contributed by atoms with Crippen LogP contribution in [0.3, 0.4) is 0 Å². The maximum atomic E-state index is 11.1. The molecule has 0 heterocycles. The van der Waals surface area contributed by atoms with Gasteiger partial charge in [-0.1, -0.05) is 0 Å². The molecule has 2 aromatic carbocycles. The lowest BCUT2D eigenvalue weighted by atomic mass is 10.2. The van der Waals surface area contributed by atoms with Crippen LogP contribution < -0.4 is 5.43 Å². The zero-order valence-corrected chi connectivity index (χ0v) is 11.9. The molecule has 122 valence electrons. The Balaban J connectivity index is 2.23. The fourth-order valence-electron chi connectivity index (χ4n) is 1.72. The fraction of sp³-hybridized carbons (Fsp3) is 0. The summed E-state index contributed by atoms with van der Waals surface area (Å²) in [6, 6.07) is 9.78. The molecule has 0 amide bonds. The number of amidine groups is 1. The molecule has 0 aliphatic heterocycles. The van der Waals surface area contributed by atoms with E-state index in [4.69, 9.17) is 0 Å². The largest absolute Gasteiger partial charge is 0.395 e. The summed E-state index contributed by atoms with van der Waals surface area (Å²) in [5, 5.41) is 35.9. The monoisotopic (exact) mass is 331 g/mol. The van der Waals surface area contributed by atoms with Gasteiger partial charge in [-0.2, -0.15) is 5.43 Å². The highest BCUT2D eigenvalue weighted by molar-refractivity contribution is 5.93. The number of nitrogens with one attached hydrogen (secondary N) is 1. The molecule has 0 saturated heterocycles. The third-order valence-corrected chi connectivity index (χ3v) is 2.88. The number of hydrogen-bond donors (Lipinski definition) is 1. The fourth-order valence-corrected chi connectivity index (χ4v) is 1.72. The minimum atomic E-state index is -0.750. The van der Waals surface area contributed by atoms with E-state index >= 15 is 0 Å². The summed E-state index contributed by atoms with van der Waals surface area (Å²) in [6.45, 7) is 0. The first-order chi connectivity index (χ1) is 11.4. The molecule has 1 N–H and O–H groups in total. The predicted octanol–water partition coefficient (Wildman–Crippen LogP) is 2.55. The molecule has 0 aliphatic carbocycles. The van der Waals surface area contributed by atoms with Crippen molar-refractivity contribution in [2.75, 3.05) is 5.43 Å². The van der Waals surface area contributed by atoms with Gasteiger partial charge in [0.1, 0.15) is 0 Å². The Morgan fingerprint density at radius 1 is 0.792 bits per heavy atom. The van der Waals surface area contributed by atoms with Crippen LogP contribution in [0.4, 0.5) is 17.1 Å². The summed E-state index contributed by atoms with van der Waals surface area (Å²) in [6.07, 6.45) is 0. The standard InChI is InChI=1S/C13H9N5O6/c19-16(20)11-5-1-9(2-6-11)13(18(23)24)15-14-10-3-7-12(8-4-10)17(21)22/h1-8,14H/b15-13-. The van der Waals surface area contributed by atoms with Crippen LogP contribution in [0.25, 0.3) is 0 Å². The lowest BCUT2D eigenvalue weighted by molar-refractivity contribution is -0.385. The molecule has 0 atom stereocenters. The minimum Gasteiger partial charge on any atom is -0.358 e. The van der Waals surface area contributed by atoms with Crippen LogP contribution in [0.1, 0.15) is 5.56 Å². The number of nitro groups is 3. The van der Waals surface area contributed by atoms with Crippen molar-refractivity contribution >= 4 is 22.9 Å². The van der Waals surface area contributed by atoms with Crippen LogP contribution in [-0.4, -0.2) is 20.6 Å². The highest BCUT2D eigenvalue weighted by atomic mass is 16.6. The van der Waals surface area contributed by atoms with Crippen LogP contribution in [-0.2, 0) is 0 Å². The number of anilines is 1. The van der Waals surface area contributed by atoms with Gasteiger partial charge in [-0.3, -0.25) is 20.2 Å². The smallest absolute Gasteiger partial charge is 0.358 e. The lowest BCUT2D eigenvalue weighted by Crippen LogP contribution is -2.15. The highest BCUT2D eigenvalue weighted by Crippen LogP contribution is 2.16. The van der Waals surface area contributed by atoms with Crippen molar-refractivity contribution in [1.29, 1.82) is 0 Å². The van der Waals surface area contributed by atoms with E-state index in [0.29, 0.717) is 5.69 Å². The van der Waals surface area contributed by atoms with Gasteiger partial charge in [0.15, 0.2) is 0 Å². The molecular weight excluding hydrogens is 322 g/mol. The number of hydrogen-bond acceptors (Lipinski definition) is 8. The van der Waals surface area contributed by atoms with E-state index in [2.05, 4.69) is 10.5 Å². The Morgan fingerprint density at radius 3 is 1.67 bits per heavy atom. The van der Waals surface area contributed by atoms with Crippen LogP contribution in [0, 0.1) is 30.3 Å². The van der Waals surface area contributed by atoms with Crippen LogP contribution in [0.5, 0.6) is 0 Å². The quantitative estimate of drug-likeness (QED) is 0.382. The Labute approximate surface area is 133 Å². The van der Waals surface area contributed by atoms with Gasteiger partial charge in [-0.05, 0) is 29.2 Å². The SMILES string of the molecule is O=[N+]([O-])/C(=N\Nc1ccc([N+](=O)[O-])cc1)c1ccc([N+](=O)[O-])cc1. The highest BCUT2D eigenvalue weighted by Gasteiger charge is 2.18. The zero-order valence-electron chi connectivity index (χ0n) is 11.9. The van der Waals surface area contributed by atoms with E-state index in [1.165, 1.54) is 36.4 Å². The van der Waals surface area contributed by atoms with Crippen molar-refractivity contribution < 1.29 is 14.8 Å². The molecule has 0 unspecified atom stereocenters. The van der Waals surface area contributed by atoms with Crippen molar-refractivity contribution in [3.63, 3.8) is 0 Å². The summed E-state index contributed by atoms with van der Waals surface area (Å²) in [5.41, 5.74) is 2.46. The Bertz CT molecular complexity index is 816. The third kappa shape index (κ3) is 3.85. The molecule has 11 nitrogen and oxygen atoms in total. The Kier molecular flexibility index (Phi) is 4.75. The van der Waals surface area contributed by atoms with Crippen molar-refractivity contribution in [2.24, 2.45) is 5.10 Å². The third-order valence-electron chi connectivity index (χ3n) is 2.88. The topological polar surface area (TPSA) is 154 Å². The van der Waals surface area contributed by atoms with E-state index in [1.807, 2.05) is 0 Å². The number of rotatable bonds is 5. The molecule has 0 aromatic heterocycles. The van der Waals surface area contributed by atoms with Crippen molar-refractivity contribution in [2.45, 2.75) is 0 Å². The molecule has 11 heteroatoms. The van der Waals surface area contributed by atoms with Gasteiger partial charge in [0, 0.05) is 24.3 Å². The van der Waals surface area contributed by atoms with Crippen LogP contribution in [0.15, 0.2) is 53.6 Å². The Hall–Kier alpha value is -3.89. The van der Waals surface area contributed by atoms with Gasteiger partial charge in [-0.25, -0.2) is 0 Å². The first-order valence-electron chi connectivity index (χ1n) is 6.36. The maximum absolute atomic E-state index is 11.1. The van der Waals surface area contributed by atoms with E-state index in [-0.39, 0.29) is 16.9 Å². The number of benzene rings is 2. The van der Waals surface area contributed by atoms with E-state index in [9.17, 15) is 30.3 Å². The number of hydrazone groups is 1. The number of nitrogens with zero attached hydrogens (tertiary/aromatic N) is 4. The van der Waals surface area contributed by atoms with Crippen molar-refractivity contribution in [3.05, 3.63) is 84.4 Å². The molecule has 0 bridgehead atoms. The molecule has 0 saturated carbocycles. The normalized spacial score (nSPS) is 10.9. The molecular formula is C13H9N5O6. The first-order valence-corrected chi connectivity index (χ1v) is 6.36. The second-order valence-electron chi connectivity index (χ2n) is 4.41. The number of nitro benzene ring substituents is 2. The maximum Gasteiger partial charge on any atom is 0.395 e. The molecule has 2 rings (SSSR count). The van der Waals surface area contributed by atoms with Crippen LogP contribution in [0.2, 0.25) is 0 Å². The van der Waals surface area contributed by atoms with E-state index in [0.717, 1.165) is 12.1 Å². The van der Waals surface area contributed by atoms with Gasteiger partial charge in [0.25, 0.3) is 11.4 Å². The average molecular weight is 331 g/mol. The van der Waals surface area contributed by atoms with Gasteiger partial charge >= 0.3 is 5.84 Å². The predicted molar refractivity (Wildman–Crippen MR) is 83.3 cm³/mol. The molecule has 0 aliphatic rings. The molecule has 0 radical (unpaired) electrons. The molecule has 0 fully saturated rings. The minimum absolute atomic E-state index is 0.0695. The average Bonchev–Trinajstić information content (AvgIpc) is 2.55. The van der Waals surface area contributed by atoms with Crippen LogP contribution >= 0.6 is 0 Å².